The molecule has 2 amide bonds. The number of urea groups is 1. The highest BCUT2D eigenvalue weighted by molar-refractivity contribution is 5.88. The van der Waals surface area contributed by atoms with Gasteiger partial charge in [0.05, 0.1) is 17.8 Å². The van der Waals surface area contributed by atoms with Gasteiger partial charge in [0.1, 0.15) is 5.82 Å². The summed E-state index contributed by atoms with van der Waals surface area (Å²) in [5.74, 6) is 0.630. The van der Waals surface area contributed by atoms with Gasteiger partial charge in [-0.1, -0.05) is 44.2 Å². The van der Waals surface area contributed by atoms with E-state index in [0.29, 0.717) is 25.2 Å². The Morgan fingerprint density at radius 2 is 1.92 bits per heavy atom. The van der Waals surface area contributed by atoms with Gasteiger partial charge in [0, 0.05) is 12.6 Å². The number of amides is 2. The molecule has 0 aliphatic rings. The van der Waals surface area contributed by atoms with Crippen LogP contribution in [0.2, 0.25) is 0 Å². The Hall–Kier alpha value is -2.34. The van der Waals surface area contributed by atoms with Crippen molar-refractivity contribution < 1.29 is 9.90 Å². The number of hydrogen-bond donors (Lipinski definition) is 3. The summed E-state index contributed by atoms with van der Waals surface area (Å²) in [6.45, 7) is 6.50. The molecule has 0 saturated heterocycles. The maximum absolute atomic E-state index is 12.1. The summed E-state index contributed by atoms with van der Waals surface area (Å²) >= 11 is 0. The van der Waals surface area contributed by atoms with Crippen molar-refractivity contribution in [3.63, 3.8) is 0 Å². The Morgan fingerprint density at radius 1 is 1.25 bits per heavy atom. The van der Waals surface area contributed by atoms with Crippen LogP contribution in [0.25, 0.3) is 0 Å². The van der Waals surface area contributed by atoms with Crippen LogP contribution in [-0.2, 0) is 6.54 Å². The quantitative estimate of drug-likeness (QED) is 0.730. The highest BCUT2D eigenvalue weighted by Crippen LogP contribution is 2.15. The minimum atomic E-state index is -0.864. The standard InChI is InChI=1S/C18H26N4O2/c1-4-18(24,5-2)13-19-17(23)20-16-11-14(3)21-22(16)12-15-9-7-6-8-10-15/h6-11,24H,4-5,12-13H2,1-3H3,(H2,19,20,23). The van der Waals surface area contributed by atoms with Crippen LogP contribution in [0.4, 0.5) is 10.6 Å². The van der Waals surface area contributed by atoms with Crippen LogP contribution in [0, 0.1) is 6.92 Å². The molecule has 0 atom stereocenters. The van der Waals surface area contributed by atoms with Gasteiger partial charge in [-0.3, -0.25) is 5.32 Å². The smallest absolute Gasteiger partial charge is 0.320 e. The third-order valence-corrected chi connectivity index (χ3v) is 4.21. The van der Waals surface area contributed by atoms with E-state index in [1.165, 1.54) is 0 Å². The van der Waals surface area contributed by atoms with Gasteiger partial charge >= 0.3 is 6.03 Å². The molecular formula is C18H26N4O2. The van der Waals surface area contributed by atoms with Crippen molar-refractivity contribution in [1.82, 2.24) is 15.1 Å². The van der Waals surface area contributed by atoms with Crippen molar-refractivity contribution in [2.24, 2.45) is 0 Å². The summed E-state index contributed by atoms with van der Waals surface area (Å²) in [6.07, 6.45) is 1.18. The Bertz CT molecular complexity index is 663. The lowest BCUT2D eigenvalue weighted by atomic mass is 9.98. The minimum Gasteiger partial charge on any atom is -0.388 e. The van der Waals surface area contributed by atoms with Crippen LogP contribution in [-0.4, -0.2) is 33.1 Å². The monoisotopic (exact) mass is 330 g/mol. The number of hydrogen-bond acceptors (Lipinski definition) is 3. The number of rotatable bonds is 7. The van der Waals surface area contributed by atoms with E-state index in [2.05, 4.69) is 15.7 Å². The van der Waals surface area contributed by atoms with Crippen molar-refractivity contribution in [3.8, 4) is 0 Å². The Kier molecular flexibility index (Phi) is 5.98. The van der Waals surface area contributed by atoms with Crippen molar-refractivity contribution in [2.45, 2.75) is 45.8 Å². The lowest BCUT2D eigenvalue weighted by molar-refractivity contribution is 0.0354. The molecule has 0 aliphatic heterocycles. The second kappa shape index (κ2) is 7.97. The second-order valence-electron chi connectivity index (χ2n) is 6.05. The average Bonchev–Trinajstić information content (AvgIpc) is 2.92. The number of anilines is 1. The fourth-order valence-electron chi connectivity index (χ4n) is 2.43. The summed E-state index contributed by atoms with van der Waals surface area (Å²) in [5.41, 5.74) is 1.08. The van der Waals surface area contributed by atoms with E-state index in [0.717, 1.165) is 11.3 Å². The first-order valence-electron chi connectivity index (χ1n) is 8.31. The fourth-order valence-corrected chi connectivity index (χ4v) is 2.43. The van der Waals surface area contributed by atoms with E-state index < -0.39 is 5.60 Å². The van der Waals surface area contributed by atoms with Gasteiger partial charge < -0.3 is 10.4 Å². The van der Waals surface area contributed by atoms with Gasteiger partial charge in [-0.25, -0.2) is 9.48 Å². The molecule has 1 aromatic carbocycles. The number of nitrogens with zero attached hydrogens (tertiary/aromatic N) is 2. The molecule has 1 heterocycles. The van der Waals surface area contributed by atoms with Crippen LogP contribution in [0.1, 0.15) is 37.9 Å². The molecule has 0 radical (unpaired) electrons. The predicted octanol–water partition coefficient (Wildman–Crippen LogP) is 2.91. The molecule has 130 valence electrons. The fraction of sp³-hybridized carbons (Fsp3) is 0.444. The molecule has 6 heteroatoms. The molecule has 6 nitrogen and oxygen atoms in total. The van der Waals surface area contributed by atoms with Gasteiger partial charge in [-0.05, 0) is 25.3 Å². The topological polar surface area (TPSA) is 79.2 Å². The molecule has 0 saturated carbocycles. The molecule has 1 aromatic heterocycles. The number of benzene rings is 1. The average molecular weight is 330 g/mol. The first-order chi connectivity index (χ1) is 11.5. The number of carbonyl (C=O) groups is 1. The summed E-state index contributed by atoms with van der Waals surface area (Å²) in [6, 6.07) is 11.4. The van der Waals surface area contributed by atoms with E-state index in [9.17, 15) is 9.90 Å². The Labute approximate surface area is 142 Å². The van der Waals surface area contributed by atoms with Crippen LogP contribution in [0.3, 0.4) is 0 Å². The van der Waals surface area contributed by atoms with Gasteiger partial charge in [-0.2, -0.15) is 5.10 Å². The van der Waals surface area contributed by atoms with Crippen molar-refractivity contribution in [1.29, 1.82) is 0 Å². The zero-order valence-corrected chi connectivity index (χ0v) is 14.5. The number of nitrogens with one attached hydrogen (secondary N) is 2. The lowest BCUT2D eigenvalue weighted by Crippen LogP contribution is -2.43. The summed E-state index contributed by atoms with van der Waals surface area (Å²) in [4.78, 5) is 12.1. The van der Waals surface area contributed by atoms with Gasteiger partial charge in [0.15, 0.2) is 0 Å². The minimum absolute atomic E-state index is 0.220. The van der Waals surface area contributed by atoms with E-state index >= 15 is 0 Å². The molecular weight excluding hydrogens is 304 g/mol. The Balaban J connectivity index is 2.01. The van der Waals surface area contributed by atoms with E-state index in [1.54, 1.807) is 4.68 Å². The normalized spacial score (nSPS) is 11.3. The highest BCUT2D eigenvalue weighted by atomic mass is 16.3. The van der Waals surface area contributed by atoms with Gasteiger partial charge in [0.25, 0.3) is 0 Å². The summed E-state index contributed by atoms with van der Waals surface area (Å²) in [5, 5.41) is 20.2. The SMILES string of the molecule is CCC(O)(CC)CNC(=O)Nc1cc(C)nn1Cc1ccccc1. The van der Waals surface area contributed by atoms with Crippen molar-refractivity contribution in [2.75, 3.05) is 11.9 Å². The number of carbonyl (C=O) groups excluding carboxylic acids is 1. The maximum Gasteiger partial charge on any atom is 0.320 e. The van der Waals surface area contributed by atoms with Gasteiger partial charge in [-0.15, -0.1) is 0 Å². The molecule has 0 spiro atoms. The lowest BCUT2D eigenvalue weighted by Gasteiger charge is -2.25. The molecule has 0 bridgehead atoms. The molecule has 2 rings (SSSR count). The van der Waals surface area contributed by atoms with Crippen LogP contribution in [0.5, 0.6) is 0 Å². The van der Waals surface area contributed by atoms with Crippen molar-refractivity contribution >= 4 is 11.8 Å². The molecule has 0 unspecified atom stereocenters. The van der Waals surface area contributed by atoms with E-state index in [-0.39, 0.29) is 12.6 Å². The maximum atomic E-state index is 12.1. The predicted molar refractivity (Wildman–Crippen MR) is 95.1 cm³/mol. The molecule has 24 heavy (non-hydrogen) atoms. The number of aryl methyl sites for hydroxylation is 1. The second-order valence-corrected chi connectivity index (χ2v) is 6.05. The zero-order valence-electron chi connectivity index (χ0n) is 14.5. The Morgan fingerprint density at radius 3 is 2.54 bits per heavy atom. The third kappa shape index (κ3) is 4.83. The summed E-state index contributed by atoms with van der Waals surface area (Å²) < 4.78 is 1.76. The molecule has 3 N–H and O–H groups in total. The van der Waals surface area contributed by atoms with Crippen LogP contribution in [0.15, 0.2) is 36.4 Å². The van der Waals surface area contributed by atoms with E-state index in [1.807, 2.05) is 57.2 Å². The first-order valence-corrected chi connectivity index (χ1v) is 8.31. The molecule has 2 aromatic rings. The summed E-state index contributed by atoms with van der Waals surface area (Å²) in [7, 11) is 0. The number of aliphatic hydroxyl groups is 1. The van der Waals surface area contributed by atoms with Crippen LogP contribution >= 0.6 is 0 Å². The third-order valence-electron chi connectivity index (χ3n) is 4.21. The largest absolute Gasteiger partial charge is 0.388 e. The van der Waals surface area contributed by atoms with Crippen LogP contribution < -0.4 is 10.6 Å². The number of aromatic nitrogens is 2. The molecule has 0 aliphatic carbocycles. The highest BCUT2D eigenvalue weighted by Gasteiger charge is 2.23. The zero-order chi connectivity index (χ0) is 17.6. The molecule has 0 fully saturated rings. The van der Waals surface area contributed by atoms with Gasteiger partial charge in [0.2, 0.25) is 0 Å². The van der Waals surface area contributed by atoms with Crippen molar-refractivity contribution in [3.05, 3.63) is 47.7 Å². The first kappa shape index (κ1) is 18.0. The van der Waals surface area contributed by atoms with E-state index in [4.69, 9.17) is 0 Å².